The molecule has 0 aromatic carbocycles. The van der Waals surface area contributed by atoms with E-state index in [1.165, 1.54) is 14.5 Å². The van der Waals surface area contributed by atoms with Crippen molar-refractivity contribution in [3.63, 3.8) is 0 Å². The molecule has 5 heteroatoms. The summed E-state index contributed by atoms with van der Waals surface area (Å²) in [4.78, 5) is 20.1. The minimum absolute atomic E-state index is 0.279. The van der Waals surface area contributed by atoms with Gasteiger partial charge in [0.2, 0.25) is 0 Å². The number of hydrogen-bond acceptors (Lipinski definition) is 4. The summed E-state index contributed by atoms with van der Waals surface area (Å²) >= 11 is 0. The lowest BCUT2D eigenvalue weighted by Gasteiger charge is -1.97. The Labute approximate surface area is 60.2 Å². The summed E-state index contributed by atoms with van der Waals surface area (Å²) in [5.74, 6) is -0.285. The average molecular weight is 142 g/mol. The molecular formula is C5H9BNO3. The minimum Gasteiger partial charge on any atom is -0.469 e. The SMILES string of the molecule is COC(=O)CCN[B]C=O. The molecule has 0 aliphatic carbocycles. The van der Waals surface area contributed by atoms with Crippen LogP contribution in [0, 0.1) is 0 Å². The monoisotopic (exact) mass is 142 g/mol. The van der Waals surface area contributed by atoms with Gasteiger partial charge >= 0.3 is 5.97 Å². The van der Waals surface area contributed by atoms with Gasteiger partial charge in [-0.1, -0.05) is 0 Å². The second kappa shape index (κ2) is 6.29. The zero-order chi connectivity index (χ0) is 7.82. The normalized spacial score (nSPS) is 8.50. The molecule has 0 rings (SSSR count). The number of ether oxygens (including phenoxy) is 1. The van der Waals surface area contributed by atoms with Gasteiger partial charge in [0.15, 0.2) is 0 Å². The predicted molar refractivity (Wildman–Crippen MR) is 37.1 cm³/mol. The molecule has 0 bridgehead atoms. The summed E-state index contributed by atoms with van der Waals surface area (Å²) in [6.45, 7) is 0.436. The highest BCUT2D eigenvalue weighted by Gasteiger charge is 1.97. The largest absolute Gasteiger partial charge is 0.469 e. The first-order chi connectivity index (χ1) is 4.81. The third-order valence-corrected chi connectivity index (χ3v) is 0.887. The summed E-state index contributed by atoms with van der Waals surface area (Å²) in [6.07, 6.45) is 0.901. The van der Waals surface area contributed by atoms with Gasteiger partial charge in [-0.3, -0.25) is 4.79 Å². The second-order valence-electron chi connectivity index (χ2n) is 1.58. The molecule has 0 saturated heterocycles. The molecule has 0 aliphatic heterocycles. The van der Waals surface area contributed by atoms with Gasteiger partial charge in [-0.2, -0.15) is 0 Å². The van der Waals surface area contributed by atoms with Crippen molar-refractivity contribution < 1.29 is 14.3 Å². The molecule has 55 valence electrons. The molecule has 1 radical (unpaired) electrons. The van der Waals surface area contributed by atoms with Crippen LogP contribution in [0.25, 0.3) is 0 Å². The van der Waals surface area contributed by atoms with Crippen LogP contribution in [0.3, 0.4) is 0 Å². The minimum atomic E-state index is -0.285. The highest BCUT2D eigenvalue weighted by Crippen LogP contribution is 1.78. The van der Waals surface area contributed by atoms with Crippen molar-refractivity contribution >= 4 is 19.6 Å². The number of methoxy groups -OCH3 is 1. The van der Waals surface area contributed by atoms with Gasteiger partial charge in [0, 0.05) is 0 Å². The Morgan fingerprint density at radius 2 is 2.50 bits per heavy atom. The van der Waals surface area contributed by atoms with Gasteiger partial charge in [-0.15, -0.1) is 0 Å². The number of esters is 1. The molecule has 0 saturated carbocycles. The predicted octanol–water partition coefficient (Wildman–Crippen LogP) is -1.05. The van der Waals surface area contributed by atoms with Crippen LogP contribution in [-0.2, 0) is 14.3 Å². The van der Waals surface area contributed by atoms with Crippen LogP contribution in [0.15, 0.2) is 0 Å². The van der Waals surface area contributed by atoms with E-state index in [1.807, 2.05) is 0 Å². The summed E-state index contributed by atoms with van der Waals surface area (Å²) in [7, 11) is 2.56. The van der Waals surface area contributed by atoms with Crippen LogP contribution in [-0.4, -0.2) is 33.2 Å². The Bertz CT molecular complexity index is 117. The molecule has 4 nitrogen and oxygen atoms in total. The van der Waals surface area contributed by atoms with E-state index in [4.69, 9.17) is 0 Å². The quantitative estimate of drug-likeness (QED) is 0.230. The molecule has 0 unspecified atom stereocenters. The first kappa shape index (κ1) is 9.16. The van der Waals surface area contributed by atoms with E-state index in [1.54, 1.807) is 0 Å². The van der Waals surface area contributed by atoms with E-state index in [2.05, 4.69) is 9.96 Å². The van der Waals surface area contributed by atoms with Crippen LogP contribution < -0.4 is 5.23 Å². The van der Waals surface area contributed by atoms with Gasteiger partial charge < -0.3 is 14.8 Å². The number of nitrogens with one attached hydrogen (secondary N) is 1. The van der Waals surface area contributed by atoms with Crippen molar-refractivity contribution in [1.82, 2.24) is 5.23 Å². The molecule has 0 fully saturated rings. The van der Waals surface area contributed by atoms with E-state index in [0.29, 0.717) is 12.7 Å². The number of hydrogen-bond donors (Lipinski definition) is 1. The molecule has 0 atom stereocenters. The van der Waals surface area contributed by atoms with E-state index < -0.39 is 0 Å². The van der Waals surface area contributed by atoms with Crippen LogP contribution >= 0.6 is 0 Å². The fourth-order valence-corrected chi connectivity index (χ4v) is 0.408. The van der Waals surface area contributed by atoms with E-state index >= 15 is 0 Å². The molecule has 0 aromatic heterocycles. The second-order valence-corrected chi connectivity index (χ2v) is 1.58. The van der Waals surface area contributed by atoms with Crippen molar-refractivity contribution in [1.29, 1.82) is 0 Å². The van der Waals surface area contributed by atoms with Crippen LogP contribution in [0.2, 0.25) is 0 Å². The summed E-state index contributed by atoms with van der Waals surface area (Å²) in [5.41, 5.74) is 0. The fraction of sp³-hybridized carbons (Fsp3) is 0.600. The highest BCUT2D eigenvalue weighted by molar-refractivity contribution is 6.64. The molecule has 0 amide bonds. The Morgan fingerprint density at radius 3 is 3.00 bits per heavy atom. The smallest absolute Gasteiger partial charge is 0.306 e. The van der Waals surface area contributed by atoms with E-state index in [-0.39, 0.29) is 12.4 Å². The summed E-state index contributed by atoms with van der Waals surface area (Å²) in [5, 5.41) is 2.61. The summed E-state index contributed by atoms with van der Waals surface area (Å²) < 4.78 is 4.35. The zero-order valence-corrected chi connectivity index (χ0v) is 5.79. The maximum absolute atomic E-state index is 10.4. The fourth-order valence-electron chi connectivity index (χ4n) is 0.408. The van der Waals surface area contributed by atoms with Crippen LogP contribution in [0.1, 0.15) is 6.42 Å². The van der Waals surface area contributed by atoms with Crippen molar-refractivity contribution in [3.8, 4) is 0 Å². The molecule has 0 aromatic rings. The van der Waals surface area contributed by atoms with E-state index in [9.17, 15) is 9.59 Å². The number of carbonyl (C=O) groups excluding carboxylic acids is 2. The number of carbonyl (C=O) groups is 2. The molecule has 0 spiro atoms. The maximum atomic E-state index is 10.4. The molecule has 10 heavy (non-hydrogen) atoms. The van der Waals surface area contributed by atoms with Crippen molar-refractivity contribution in [2.24, 2.45) is 0 Å². The maximum Gasteiger partial charge on any atom is 0.306 e. The summed E-state index contributed by atoms with van der Waals surface area (Å²) in [6, 6.07) is 0. The average Bonchev–Trinajstić information content (AvgIpc) is 1.98. The Balaban J connectivity index is 3.03. The first-order valence-electron chi connectivity index (χ1n) is 2.88. The topological polar surface area (TPSA) is 55.4 Å². The van der Waals surface area contributed by atoms with Crippen molar-refractivity contribution in [3.05, 3.63) is 0 Å². The van der Waals surface area contributed by atoms with Gasteiger partial charge in [-0.05, 0) is 6.54 Å². The molecular weight excluding hydrogens is 133 g/mol. The van der Waals surface area contributed by atoms with Gasteiger partial charge in [0.05, 0.1) is 19.7 Å². The van der Waals surface area contributed by atoms with Crippen LogP contribution in [0.4, 0.5) is 0 Å². The highest BCUT2D eigenvalue weighted by atomic mass is 16.5. The Morgan fingerprint density at radius 1 is 1.80 bits per heavy atom. The van der Waals surface area contributed by atoms with Crippen molar-refractivity contribution in [2.45, 2.75) is 6.42 Å². The standard InChI is InChI=1S/C5H9BNO3/c1-10-5(9)2-3-7-6-4-8/h4,7H,2-3H2,1H3. The molecule has 0 aliphatic rings. The third kappa shape index (κ3) is 5.30. The Kier molecular flexibility index (Phi) is 5.76. The van der Waals surface area contributed by atoms with Crippen LogP contribution in [0.5, 0.6) is 0 Å². The lowest BCUT2D eigenvalue weighted by Crippen LogP contribution is -2.23. The Hall–Kier alpha value is -0.835. The van der Waals surface area contributed by atoms with Gasteiger partial charge in [0.25, 0.3) is 7.41 Å². The molecule has 1 N–H and O–H groups in total. The first-order valence-corrected chi connectivity index (χ1v) is 2.88. The van der Waals surface area contributed by atoms with Gasteiger partial charge in [0.1, 0.15) is 0 Å². The third-order valence-electron chi connectivity index (χ3n) is 0.887. The van der Waals surface area contributed by atoms with Crippen molar-refractivity contribution in [2.75, 3.05) is 13.7 Å². The lowest BCUT2D eigenvalue weighted by molar-refractivity contribution is -0.140. The lowest BCUT2D eigenvalue weighted by atomic mass is 9.99. The zero-order valence-electron chi connectivity index (χ0n) is 5.79. The number of rotatable bonds is 5. The van der Waals surface area contributed by atoms with E-state index in [0.717, 1.165) is 0 Å². The molecule has 0 heterocycles. The van der Waals surface area contributed by atoms with Gasteiger partial charge in [-0.25, -0.2) is 0 Å².